The van der Waals surface area contributed by atoms with Crippen molar-refractivity contribution in [1.29, 1.82) is 0 Å². The molecule has 1 unspecified atom stereocenters. The van der Waals surface area contributed by atoms with Gasteiger partial charge in [0.2, 0.25) is 5.91 Å². The third-order valence-corrected chi connectivity index (χ3v) is 4.54. The number of amides is 1. The number of nitrogens with two attached hydrogens (primary N) is 1. The van der Waals surface area contributed by atoms with Crippen LogP contribution < -0.4 is 5.73 Å². The Labute approximate surface area is 105 Å². The smallest absolute Gasteiger partial charge is 0.222 e. The monoisotopic (exact) mass is 238 g/mol. The second-order valence-corrected chi connectivity index (χ2v) is 5.83. The number of rotatable bonds is 6. The largest absolute Gasteiger partial charge is 0.341 e. The highest BCUT2D eigenvalue weighted by Gasteiger charge is 2.34. The lowest BCUT2D eigenvalue weighted by atomic mass is 10.0. The van der Waals surface area contributed by atoms with Crippen LogP contribution in [0, 0.1) is 11.8 Å². The van der Waals surface area contributed by atoms with Gasteiger partial charge in [-0.1, -0.05) is 25.7 Å². The van der Waals surface area contributed by atoms with Crippen LogP contribution in [0.2, 0.25) is 0 Å². The summed E-state index contributed by atoms with van der Waals surface area (Å²) in [6.07, 6.45) is 9.71. The highest BCUT2D eigenvalue weighted by atomic mass is 16.2. The lowest BCUT2D eigenvalue weighted by Gasteiger charge is -2.27. The van der Waals surface area contributed by atoms with Crippen molar-refractivity contribution in [2.24, 2.45) is 17.6 Å². The van der Waals surface area contributed by atoms with Crippen molar-refractivity contribution in [2.45, 2.75) is 57.4 Å². The third kappa shape index (κ3) is 3.44. The Morgan fingerprint density at radius 2 is 1.94 bits per heavy atom. The van der Waals surface area contributed by atoms with Gasteiger partial charge in [0.1, 0.15) is 0 Å². The molecule has 1 amide bonds. The summed E-state index contributed by atoms with van der Waals surface area (Å²) in [5.74, 6) is 1.80. The molecule has 0 aromatic heterocycles. The Bertz CT molecular complexity index is 257. The van der Waals surface area contributed by atoms with Gasteiger partial charge >= 0.3 is 0 Å². The first kappa shape index (κ1) is 12.9. The second-order valence-electron chi connectivity index (χ2n) is 5.83. The lowest BCUT2D eigenvalue weighted by molar-refractivity contribution is -0.132. The van der Waals surface area contributed by atoms with E-state index < -0.39 is 0 Å². The fourth-order valence-electron chi connectivity index (χ4n) is 3.14. The predicted molar refractivity (Wildman–Crippen MR) is 69.5 cm³/mol. The van der Waals surface area contributed by atoms with E-state index in [1.54, 1.807) is 0 Å². The molecule has 17 heavy (non-hydrogen) atoms. The molecule has 2 saturated carbocycles. The van der Waals surface area contributed by atoms with E-state index in [2.05, 4.69) is 0 Å². The molecular formula is C14H26N2O. The summed E-state index contributed by atoms with van der Waals surface area (Å²) in [6, 6.07) is 0.297. The highest BCUT2D eigenvalue weighted by Crippen LogP contribution is 2.35. The molecule has 1 atom stereocenters. The summed E-state index contributed by atoms with van der Waals surface area (Å²) >= 11 is 0. The minimum absolute atomic E-state index is 0.297. The van der Waals surface area contributed by atoms with E-state index in [1.807, 2.05) is 11.9 Å². The maximum atomic E-state index is 12.1. The topological polar surface area (TPSA) is 46.3 Å². The predicted octanol–water partition coefficient (Wildman–Crippen LogP) is 2.15. The van der Waals surface area contributed by atoms with Crippen LogP contribution in [0.5, 0.6) is 0 Å². The van der Waals surface area contributed by atoms with Crippen LogP contribution >= 0.6 is 0 Å². The molecule has 0 radical (unpaired) electrons. The molecule has 0 spiro atoms. The van der Waals surface area contributed by atoms with Gasteiger partial charge in [0, 0.05) is 26.1 Å². The summed E-state index contributed by atoms with van der Waals surface area (Å²) in [5.41, 5.74) is 5.78. The van der Waals surface area contributed by atoms with E-state index >= 15 is 0 Å². The average Bonchev–Trinajstić information content (AvgIpc) is 3.03. The summed E-state index contributed by atoms with van der Waals surface area (Å²) in [5, 5.41) is 0. The molecule has 0 saturated heterocycles. The van der Waals surface area contributed by atoms with E-state index in [-0.39, 0.29) is 0 Å². The van der Waals surface area contributed by atoms with Gasteiger partial charge in [0.15, 0.2) is 0 Å². The van der Waals surface area contributed by atoms with Crippen LogP contribution in [0.1, 0.15) is 51.4 Å². The molecule has 0 bridgehead atoms. The van der Waals surface area contributed by atoms with Gasteiger partial charge < -0.3 is 10.6 Å². The second kappa shape index (κ2) is 5.85. The van der Waals surface area contributed by atoms with Crippen LogP contribution in [0.3, 0.4) is 0 Å². The molecule has 2 aliphatic rings. The van der Waals surface area contributed by atoms with Crippen molar-refractivity contribution >= 4 is 5.91 Å². The molecule has 0 aromatic carbocycles. The molecule has 3 heteroatoms. The molecule has 0 heterocycles. The first-order valence-corrected chi connectivity index (χ1v) is 7.18. The van der Waals surface area contributed by atoms with Crippen molar-refractivity contribution in [3.8, 4) is 0 Å². The third-order valence-electron chi connectivity index (χ3n) is 4.54. The number of nitrogens with zero attached hydrogens (tertiary/aromatic N) is 1. The lowest BCUT2D eigenvalue weighted by Crippen LogP contribution is -2.43. The average molecular weight is 238 g/mol. The molecule has 3 nitrogen and oxygen atoms in total. The maximum Gasteiger partial charge on any atom is 0.222 e. The minimum atomic E-state index is 0.297. The summed E-state index contributed by atoms with van der Waals surface area (Å²) in [6.45, 7) is 0.621. The van der Waals surface area contributed by atoms with Gasteiger partial charge in [-0.25, -0.2) is 0 Å². The van der Waals surface area contributed by atoms with Crippen LogP contribution in [0.25, 0.3) is 0 Å². The fourth-order valence-corrected chi connectivity index (χ4v) is 3.14. The number of hydrogen-bond donors (Lipinski definition) is 1. The van der Waals surface area contributed by atoms with Gasteiger partial charge in [-0.15, -0.1) is 0 Å². The van der Waals surface area contributed by atoms with E-state index in [1.165, 1.54) is 38.5 Å². The Balaban J connectivity index is 1.73. The number of hydrogen-bond acceptors (Lipinski definition) is 2. The van der Waals surface area contributed by atoms with Crippen LogP contribution in [0.15, 0.2) is 0 Å². The normalized spacial score (nSPS) is 22.7. The Morgan fingerprint density at radius 3 is 2.47 bits per heavy atom. The summed E-state index contributed by atoms with van der Waals surface area (Å²) < 4.78 is 0. The standard InChI is InChI=1S/C14H26N2O/c1-16(13(10-15)12-7-8-12)14(17)9-6-11-4-2-3-5-11/h11-13H,2-10,15H2,1H3. The summed E-state index contributed by atoms with van der Waals surface area (Å²) in [4.78, 5) is 14.0. The van der Waals surface area contributed by atoms with E-state index in [4.69, 9.17) is 5.73 Å². The zero-order chi connectivity index (χ0) is 12.3. The molecule has 98 valence electrons. The molecule has 2 aliphatic carbocycles. The van der Waals surface area contributed by atoms with Crippen molar-refractivity contribution in [3.63, 3.8) is 0 Å². The zero-order valence-electron chi connectivity index (χ0n) is 11.0. The Morgan fingerprint density at radius 1 is 1.29 bits per heavy atom. The quantitative estimate of drug-likeness (QED) is 0.770. The van der Waals surface area contributed by atoms with Crippen molar-refractivity contribution < 1.29 is 4.79 Å². The van der Waals surface area contributed by atoms with Crippen molar-refractivity contribution in [2.75, 3.05) is 13.6 Å². The Kier molecular flexibility index (Phi) is 4.43. The Hall–Kier alpha value is -0.570. The molecule has 0 aromatic rings. The van der Waals surface area contributed by atoms with Crippen LogP contribution in [-0.2, 0) is 4.79 Å². The molecular weight excluding hydrogens is 212 g/mol. The van der Waals surface area contributed by atoms with Gasteiger partial charge in [-0.3, -0.25) is 4.79 Å². The van der Waals surface area contributed by atoms with Gasteiger partial charge in [0.25, 0.3) is 0 Å². The molecule has 2 N–H and O–H groups in total. The first-order valence-electron chi connectivity index (χ1n) is 7.18. The van der Waals surface area contributed by atoms with E-state index in [9.17, 15) is 4.79 Å². The molecule has 2 rings (SSSR count). The minimum Gasteiger partial charge on any atom is -0.341 e. The first-order chi connectivity index (χ1) is 8.22. The summed E-state index contributed by atoms with van der Waals surface area (Å²) in [7, 11) is 1.94. The van der Waals surface area contributed by atoms with Gasteiger partial charge in [0.05, 0.1) is 0 Å². The maximum absolute atomic E-state index is 12.1. The molecule has 0 aliphatic heterocycles. The number of carbonyl (C=O) groups excluding carboxylic acids is 1. The fraction of sp³-hybridized carbons (Fsp3) is 0.929. The number of likely N-dealkylation sites (N-methyl/N-ethyl adjacent to an activating group) is 1. The van der Waals surface area contributed by atoms with Gasteiger partial charge in [-0.05, 0) is 31.1 Å². The number of carbonyl (C=O) groups is 1. The highest BCUT2D eigenvalue weighted by molar-refractivity contribution is 5.76. The zero-order valence-corrected chi connectivity index (χ0v) is 11.0. The van der Waals surface area contributed by atoms with E-state index in [0.29, 0.717) is 24.4 Å². The molecule has 2 fully saturated rings. The van der Waals surface area contributed by atoms with E-state index in [0.717, 1.165) is 18.8 Å². The van der Waals surface area contributed by atoms with Gasteiger partial charge in [-0.2, -0.15) is 0 Å². The van der Waals surface area contributed by atoms with Crippen molar-refractivity contribution in [3.05, 3.63) is 0 Å². The van der Waals surface area contributed by atoms with Crippen LogP contribution in [0.4, 0.5) is 0 Å². The van der Waals surface area contributed by atoms with Crippen molar-refractivity contribution in [1.82, 2.24) is 4.90 Å². The van der Waals surface area contributed by atoms with Crippen LogP contribution in [-0.4, -0.2) is 30.4 Å². The SMILES string of the molecule is CN(C(=O)CCC1CCCC1)C(CN)C1CC1.